The molecule has 0 atom stereocenters. The fourth-order valence-corrected chi connectivity index (χ4v) is 7.19. The number of para-hydroxylation sites is 1. The van der Waals surface area contributed by atoms with Gasteiger partial charge in [-0.05, 0) is 92.0 Å². The van der Waals surface area contributed by atoms with Crippen LogP contribution in [0, 0.1) is 0 Å². The predicted octanol–water partition coefficient (Wildman–Crippen LogP) is 12.0. The summed E-state index contributed by atoms with van der Waals surface area (Å²) in [6.45, 7) is 2.05. The molecule has 0 aliphatic carbocycles. The van der Waals surface area contributed by atoms with Crippen LogP contribution < -0.4 is 0 Å². The number of pyridine rings is 1. The van der Waals surface area contributed by atoms with Crippen molar-refractivity contribution >= 4 is 66.0 Å². The van der Waals surface area contributed by atoms with Gasteiger partial charge in [0.15, 0.2) is 0 Å². The molecule has 2 heteroatoms. The van der Waals surface area contributed by atoms with E-state index in [0.717, 1.165) is 22.2 Å². The molecule has 216 valence electrons. The summed E-state index contributed by atoms with van der Waals surface area (Å²) in [7, 11) is 0. The van der Waals surface area contributed by atoms with Crippen molar-refractivity contribution < 1.29 is 0 Å². The molecule has 0 spiro atoms. The van der Waals surface area contributed by atoms with Gasteiger partial charge in [0, 0.05) is 10.8 Å². The van der Waals surface area contributed by atoms with Crippen LogP contribution in [0.1, 0.15) is 12.5 Å². The van der Waals surface area contributed by atoms with Gasteiger partial charge in [0.2, 0.25) is 0 Å². The first kappa shape index (κ1) is 26.4. The Morgan fingerprint density at radius 3 is 2.07 bits per heavy atom. The number of allylic oxidation sites excluding steroid dienone is 3. The first-order chi connectivity index (χ1) is 22.8. The van der Waals surface area contributed by atoms with E-state index in [9.17, 15) is 0 Å². The summed E-state index contributed by atoms with van der Waals surface area (Å²) in [5, 5.41) is 8.60. The normalized spacial score (nSPS) is 12.3. The molecule has 2 nitrogen and oxygen atoms in total. The molecule has 9 rings (SSSR count). The second-order valence-electron chi connectivity index (χ2n) is 11.9. The van der Waals surface area contributed by atoms with E-state index < -0.39 is 0 Å². The van der Waals surface area contributed by atoms with Crippen molar-refractivity contribution in [2.45, 2.75) is 6.92 Å². The van der Waals surface area contributed by atoms with Gasteiger partial charge in [-0.15, -0.1) is 0 Å². The number of aromatic nitrogens is 2. The topological polar surface area (TPSA) is 17.3 Å². The predicted molar refractivity (Wildman–Crippen MR) is 197 cm³/mol. The molecule has 0 saturated heterocycles. The molecule has 0 aliphatic rings. The third kappa shape index (κ3) is 4.08. The molecule has 0 fully saturated rings. The van der Waals surface area contributed by atoms with E-state index in [-0.39, 0.29) is 0 Å². The lowest BCUT2D eigenvalue weighted by Crippen LogP contribution is -1.92. The van der Waals surface area contributed by atoms with Gasteiger partial charge in [-0.2, -0.15) is 0 Å². The quantitative estimate of drug-likeness (QED) is 0.148. The average Bonchev–Trinajstić information content (AvgIpc) is 3.51. The number of hydrogen-bond acceptors (Lipinski definition) is 1. The molecule has 9 aromatic rings. The number of benzene rings is 7. The van der Waals surface area contributed by atoms with Crippen LogP contribution in [0.3, 0.4) is 0 Å². The van der Waals surface area contributed by atoms with E-state index in [1.54, 1.807) is 0 Å². The second-order valence-corrected chi connectivity index (χ2v) is 11.9. The van der Waals surface area contributed by atoms with Crippen LogP contribution in [0.15, 0.2) is 158 Å². The third-order valence-corrected chi connectivity index (χ3v) is 9.26. The van der Waals surface area contributed by atoms with Gasteiger partial charge in [0.1, 0.15) is 5.65 Å². The summed E-state index contributed by atoms with van der Waals surface area (Å²) in [5.41, 5.74) is 10.3. The minimum Gasteiger partial charge on any atom is -0.292 e. The largest absolute Gasteiger partial charge is 0.292 e. The third-order valence-electron chi connectivity index (χ3n) is 9.26. The molecular weight excluding hydrogens is 556 g/mol. The summed E-state index contributed by atoms with van der Waals surface area (Å²) >= 11 is 0. The Labute approximate surface area is 267 Å². The van der Waals surface area contributed by atoms with Crippen LogP contribution in [-0.4, -0.2) is 9.38 Å². The van der Waals surface area contributed by atoms with Crippen LogP contribution in [0.5, 0.6) is 0 Å². The fourth-order valence-electron chi connectivity index (χ4n) is 7.19. The van der Waals surface area contributed by atoms with E-state index in [4.69, 9.17) is 4.98 Å². The Balaban J connectivity index is 1.33. The number of imidazole rings is 1. The highest BCUT2D eigenvalue weighted by Gasteiger charge is 2.17. The number of rotatable bonds is 4. The molecule has 0 N–H and O–H groups in total. The Kier molecular flexibility index (Phi) is 6.07. The summed E-state index contributed by atoms with van der Waals surface area (Å²) in [5.74, 6) is 0. The van der Waals surface area contributed by atoms with Crippen LogP contribution in [0.2, 0.25) is 0 Å². The van der Waals surface area contributed by atoms with E-state index in [2.05, 4.69) is 175 Å². The van der Waals surface area contributed by atoms with Crippen LogP contribution in [0.4, 0.5) is 0 Å². The van der Waals surface area contributed by atoms with Gasteiger partial charge in [-0.1, -0.05) is 133 Å². The van der Waals surface area contributed by atoms with E-state index in [1.165, 1.54) is 65.5 Å². The van der Waals surface area contributed by atoms with E-state index in [0.29, 0.717) is 0 Å². The van der Waals surface area contributed by atoms with Crippen molar-refractivity contribution in [3.8, 4) is 22.3 Å². The van der Waals surface area contributed by atoms with Gasteiger partial charge in [0.05, 0.1) is 16.6 Å². The molecule has 0 aliphatic heterocycles. The summed E-state index contributed by atoms with van der Waals surface area (Å²) in [6.07, 6.45) is 8.54. The zero-order valence-corrected chi connectivity index (χ0v) is 25.5. The molecular formula is C44H30N2. The minimum atomic E-state index is 0.991. The maximum Gasteiger partial charge on any atom is 0.146 e. The Bertz CT molecular complexity index is 2710. The van der Waals surface area contributed by atoms with Crippen LogP contribution >= 0.6 is 0 Å². The first-order valence-corrected chi connectivity index (χ1v) is 15.8. The number of fused-ring (bicyclic) bond motifs is 10. The molecule has 0 unspecified atom stereocenters. The SMILES string of the molecule is C/C=C\C=C/c1cc(-c2ccc3ccccc3c2)c2ccccc2c1-c1ccc2c(c1)nc1c3ccccc3c3ccccc3n21. The van der Waals surface area contributed by atoms with Gasteiger partial charge >= 0.3 is 0 Å². The maximum atomic E-state index is 5.29. The monoisotopic (exact) mass is 586 g/mol. The maximum absolute atomic E-state index is 5.29. The number of nitrogens with zero attached hydrogens (tertiary/aromatic N) is 2. The zero-order chi connectivity index (χ0) is 30.6. The molecule has 0 radical (unpaired) electrons. The lowest BCUT2D eigenvalue weighted by atomic mass is 9.87. The highest BCUT2D eigenvalue weighted by molar-refractivity contribution is 6.14. The van der Waals surface area contributed by atoms with Gasteiger partial charge in [-0.25, -0.2) is 4.98 Å². The summed E-state index contributed by atoms with van der Waals surface area (Å²) in [4.78, 5) is 5.29. The molecule has 0 amide bonds. The fraction of sp³-hybridized carbons (Fsp3) is 0.0227. The lowest BCUT2D eigenvalue weighted by molar-refractivity contribution is 1.31. The van der Waals surface area contributed by atoms with Crippen molar-refractivity contribution in [3.05, 3.63) is 163 Å². The highest BCUT2D eigenvalue weighted by atomic mass is 15.0. The Morgan fingerprint density at radius 1 is 0.522 bits per heavy atom. The molecule has 0 saturated carbocycles. The first-order valence-electron chi connectivity index (χ1n) is 15.8. The highest BCUT2D eigenvalue weighted by Crippen LogP contribution is 2.41. The minimum absolute atomic E-state index is 0.991. The summed E-state index contributed by atoms with van der Waals surface area (Å²) < 4.78 is 2.32. The van der Waals surface area contributed by atoms with Gasteiger partial charge in [0.25, 0.3) is 0 Å². The Hall–Kier alpha value is -5.99. The smallest absolute Gasteiger partial charge is 0.146 e. The van der Waals surface area contributed by atoms with E-state index >= 15 is 0 Å². The molecule has 2 heterocycles. The van der Waals surface area contributed by atoms with Gasteiger partial charge < -0.3 is 0 Å². The lowest BCUT2D eigenvalue weighted by Gasteiger charge is -2.16. The second kappa shape index (κ2) is 10.6. The van der Waals surface area contributed by atoms with Gasteiger partial charge in [-0.3, -0.25) is 4.40 Å². The van der Waals surface area contributed by atoms with Crippen LogP contribution in [0.25, 0.3) is 88.2 Å². The molecule has 2 aromatic heterocycles. The zero-order valence-electron chi connectivity index (χ0n) is 25.5. The molecule has 46 heavy (non-hydrogen) atoms. The molecule has 7 aromatic carbocycles. The molecule has 0 bridgehead atoms. The van der Waals surface area contributed by atoms with Crippen molar-refractivity contribution in [2.75, 3.05) is 0 Å². The van der Waals surface area contributed by atoms with Crippen molar-refractivity contribution in [2.24, 2.45) is 0 Å². The van der Waals surface area contributed by atoms with Crippen LogP contribution in [-0.2, 0) is 0 Å². The summed E-state index contributed by atoms with van der Waals surface area (Å²) in [6, 6.07) is 50.6. The van der Waals surface area contributed by atoms with Crippen molar-refractivity contribution in [1.29, 1.82) is 0 Å². The van der Waals surface area contributed by atoms with Crippen molar-refractivity contribution in [1.82, 2.24) is 9.38 Å². The number of hydrogen-bond donors (Lipinski definition) is 0. The Morgan fingerprint density at radius 2 is 1.22 bits per heavy atom. The van der Waals surface area contributed by atoms with Crippen molar-refractivity contribution in [3.63, 3.8) is 0 Å². The standard InChI is InChI=1S/C44H30N2/c1-2-3-4-15-32-27-39(31-23-22-29-13-5-6-14-30(29)26-31)35-17-7-9-19-37(35)43(32)33-24-25-42-40(28-33)45-44-38-20-10-8-16-34(38)36-18-11-12-21-41(36)46(42)44/h2-28H,1H3/b3-2-,15-4-. The average molecular weight is 587 g/mol. The van der Waals surface area contributed by atoms with E-state index in [1.807, 2.05) is 0 Å².